The van der Waals surface area contributed by atoms with Crippen molar-refractivity contribution in [3.05, 3.63) is 41.2 Å². The predicted octanol–water partition coefficient (Wildman–Crippen LogP) is 1.53. The molecule has 0 fully saturated rings. The average molecular weight is 196 g/mol. The van der Waals surface area contributed by atoms with Gasteiger partial charge in [-0.1, -0.05) is 24.3 Å². The molecule has 1 rings (SSSR count). The van der Waals surface area contributed by atoms with Crippen molar-refractivity contribution in [2.75, 3.05) is 6.61 Å². The molecule has 3 nitrogen and oxygen atoms in total. The number of carboxylic acid groups (broad SMARTS) is 1. The van der Waals surface area contributed by atoms with E-state index in [1.807, 2.05) is 0 Å². The molecule has 1 aromatic rings. The smallest absolute Gasteiger partial charge is 0.339 e. The van der Waals surface area contributed by atoms with Gasteiger partial charge >= 0.3 is 5.97 Å². The Morgan fingerprint density at radius 3 is 2.79 bits per heavy atom. The van der Waals surface area contributed by atoms with Crippen LogP contribution in [-0.2, 0) is 0 Å². The van der Waals surface area contributed by atoms with Crippen LogP contribution in [0, 0.1) is 5.82 Å². The summed E-state index contributed by atoms with van der Waals surface area (Å²) in [5.74, 6) is -2.10. The topological polar surface area (TPSA) is 57.5 Å². The van der Waals surface area contributed by atoms with Crippen LogP contribution in [0.4, 0.5) is 4.39 Å². The van der Waals surface area contributed by atoms with E-state index in [-0.39, 0.29) is 17.7 Å². The van der Waals surface area contributed by atoms with Gasteiger partial charge in [0.15, 0.2) is 0 Å². The lowest BCUT2D eigenvalue weighted by Crippen LogP contribution is -2.03. The summed E-state index contributed by atoms with van der Waals surface area (Å²) in [4.78, 5) is 10.7. The molecular formula is C10H9FO3. The molecule has 0 amide bonds. The maximum absolute atomic E-state index is 13.1. The van der Waals surface area contributed by atoms with Gasteiger partial charge < -0.3 is 10.2 Å². The predicted molar refractivity (Wildman–Crippen MR) is 49.5 cm³/mol. The molecule has 74 valence electrons. The molecule has 0 aliphatic heterocycles. The van der Waals surface area contributed by atoms with Crippen molar-refractivity contribution in [2.24, 2.45) is 0 Å². The minimum Gasteiger partial charge on any atom is -0.478 e. The molecule has 0 radical (unpaired) electrons. The Labute approximate surface area is 80.1 Å². The fraction of sp³-hybridized carbons (Fsp3) is 0.100. The SMILES string of the molecule is O=C(O)c1c(F)cccc1C=CCO. The number of benzene rings is 1. The molecule has 2 N–H and O–H groups in total. The molecular weight excluding hydrogens is 187 g/mol. The van der Waals surface area contributed by atoms with E-state index in [1.165, 1.54) is 24.3 Å². The summed E-state index contributed by atoms with van der Waals surface area (Å²) in [6, 6.07) is 3.97. The lowest BCUT2D eigenvalue weighted by molar-refractivity contribution is 0.0691. The molecule has 4 heteroatoms. The number of hydrogen-bond acceptors (Lipinski definition) is 2. The summed E-state index contributed by atoms with van der Waals surface area (Å²) >= 11 is 0. The van der Waals surface area contributed by atoms with Crippen molar-refractivity contribution in [2.45, 2.75) is 0 Å². The molecule has 0 unspecified atom stereocenters. The molecule has 0 aromatic heterocycles. The van der Waals surface area contributed by atoms with E-state index in [4.69, 9.17) is 10.2 Å². The average Bonchev–Trinajstić information content (AvgIpc) is 2.14. The van der Waals surface area contributed by atoms with Gasteiger partial charge in [0.05, 0.1) is 6.61 Å². The standard InChI is InChI=1S/C10H9FO3/c11-8-5-1-3-7(4-2-6-12)9(8)10(13)14/h1-5,12H,6H2,(H,13,14). The second-order valence-electron chi connectivity index (χ2n) is 2.59. The first-order chi connectivity index (χ1) is 6.66. The van der Waals surface area contributed by atoms with Crippen LogP contribution in [0.1, 0.15) is 15.9 Å². The van der Waals surface area contributed by atoms with Crippen LogP contribution in [0.3, 0.4) is 0 Å². The number of carboxylic acids is 1. The normalized spacial score (nSPS) is 10.7. The van der Waals surface area contributed by atoms with E-state index in [0.29, 0.717) is 0 Å². The molecule has 0 spiro atoms. The highest BCUT2D eigenvalue weighted by Crippen LogP contribution is 2.14. The third kappa shape index (κ3) is 2.17. The molecule has 14 heavy (non-hydrogen) atoms. The van der Waals surface area contributed by atoms with Gasteiger partial charge in [-0.15, -0.1) is 0 Å². The first-order valence-corrected chi connectivity index (χ1v) is 3.96. The highest BCUT2D eigenvalue weighted by atomic mass is 19.1. The summed E-state index contributed by atoms with van der Waals surface area (Å²) in [5, 5.41) is 17.2. The van der Waals surface area contributed by atoms with Gasteiger partial charge in [-0.2, -0.15) is 0 Å². The molecule has 0 heterocycles. The van der Waals surface area contributed by atoms with Crippen molar-refractivity contribution in [3.63, 3.8) is 0 Å². The van der Waals surface area contributed by atoms with E-state index in [1.54, 1.807) is 0 Å². The Morgan fingerprint density at radius 2 is 2.21 bits per heavy atom. The third-order valence-electron chi connectivity index (χ3n) is 1.66. The highest BCUT2D eigenvalue weighted by molar-refractivity contribution is 5.92. The van der Waals surface area contributed by atoms with Crippen LogP contribution in [0.25, 0.3) is 6.08 Å². The molecule has 0 saturated heterocycles. The van der Waals surface area contributed by atoms with Gasteiger partial charge in [-0.05, 0) is 11.6 Å². The van der Waals surface area contributed by atoms with Gasteiger partial charge in [0.2, 0.25) is 0 Å². The Kier molecular flexibility index (Phi) is 3.36. The second kappa shape index (κ2) is 4.53. The van der Waals surface area contributed by atoms with Crippen molar-refractivity contribution < 1.29 is 19.4 Å². The summed E-state index contributed by atoms with van der Waals surface area (Å²) < 4.78 is 13.1. The van der Waals surface area contributed by atoms with Crippen LogP contribution in [0.2, 0.25) is 0 Å². The van der Waals surface area contributed by atoms with E-state index >= 15 is 0 Å². The second-order valence-corrected chi connectivity index (χ2v) is 2.59. The maximum atomic E-state index is 13.1. The molecule has 0 bridgehead atoms. The molecule has 1 aromatic carbocycles. The molecule has 0 atom stereocenters. The van der Waals surface area contributed by atoms with Crippen LogP contribution < -0.4 is 0 Å². The number of aliphatic hydroxyl groups excluding tert-OH is 1. The van der Waals surface area contributed by atoms with E-state index in [2.05, 4.69) is 0 Å². The first-order valence-electron chi connectivity index (χ1n) is 3.96. The third-order valence-corrected chi connectivity index (χ3v) is 1.66. The molecule has 0 aliphatic carbocycles. The van der Waals surface area contributed by atoms with Crippen LogP contribution in [0.15, 0.2) is 24.3 Å². The Hall–Kier alpha value is -1.68. The highest BCUT2D eigenvalue weighted by Gasteiger charge is 2.13. The van der Waals surface area contributed by atoms with Crippen LogP contribution >= 0.6 is 0 Å². The zero-order valence-corrected chi connectivity index (χ0v) is 7.27. The van der Waals surface area contributed by atoms with E-state index < -0.39 is 11.8 Å². The fourth-order valence-electron chi connectivity index (χ4n) is 1.09. The van der Waals surface area contributed by atoms with Gasteiger partial charge in [-0.25, -0.2) is 9.18 Å². The lowest BCUT2D eigenvalue weighted by Gasteiger charge is -2.01. The molecule has 0 saturated carbocycles. The lowest BCUT2D eigenvalue weighted by atomic mass is 10.1. The van der Waals surface area contributed by atoms with Crippen molar-refractivity contribution in [3.8, 4) is 0 Å². The largest absolute Gasteiger partial charge is 0.478 e. The number of carbonyl (C=O) groups is 1. The van der Waals surface area contributed by atoms with Crippen LogP contribution in [0.5, 0.6) is 0 Å². The monoisotopic (exact) mass is 196 g/mol. The van der Waals surface area contributed by atoms with Crippen molar-refractivity contribution >= 4 is 12.0 Å². The maximum Gasteiger partial charge on any atom is 0.339 e. The number of aliphatic hydroxyl groups is 1. The Balaban J connectivity index is 3.21. The van der Waals surface area contributed by atoms with Gasteiger partial charge in [0.25, 0.3) is 0 Å². The van der Waals surface area contributed by atoms with Crippen molar-refractivity contribution in [1.82, 2.24) is 0 Å². The van der Waals surface area contributed by atoms with Crippen LogP contribution in [-0.4, -0.2) is 22.8 Å². The zero-order valence-electron chi connectivity index (χ0n) is 7.27. The summed E-state index contributed by atoms with van der Waals surface area (Å²) in [6.45, 7) is -0.213. The summed E-state index contributed by atoms with van der Waals surface area (Å²) in [6.07, 6.45) is 2.72. The number of hydrogen-bond donors (Lipinski definition) is 2. The number of aromatic carboxylic acids is 1. The number of halogens is 1. The number of rotatable bonds is 3. The minimum atomic E-state index is -1.32. The van der Waals surface area contributed by atoms with Gasteiger partial charge in [0, 0.05) is 0 Å². The summed E-state index contributed by atoms with van der Waals surface area (Å²) in [5.41, 5.74) is -0.135. The van der Waals surface area contributed by atoms with E-state index in [9.17, 15) is 9.18 Å². The first kappa shape index (κ1) is 10.4. The van der Waals surface area contributed by atoms with Gasteiger partial charge in [0.1, 0.15) is 11.4 Å². The molecule has 0 aliphatic rings. The van der Waals surface area contributed by atoms with Crippen molar-refractivity contribution in [1.29, 1.82) is 0 Å². The fourth-order valence-corrected chi connectivity index (χ4v) is 1.09. The Bertz CT molecular complexity index is 372. The Morgan fingerprint density at radius 1 is 1.50 bits per heavy atom. The zero-order chi connectivity index (χ0) is 10.6. The summed E-state index contributed by atoms with van der Waals surface area (Å²) in [7, 11) is 0. The quantitative estimate of drug-likeness (QED) is 0.770. The van der Waals surface area contributed by atoms with Gasteiger partial charge in [-0.3, -0.25) is 0 Å². The minimum absolute atomic E-state index is 0.213. The van der Waals surface area contributed by atoms with E-state index in [0.717, 1.165) is 6.07 Å².